The van der Waals surface area contributed by atoms with Gasteiger partial charge in [-0.05, 0) is 36.7 Å². The second-order valence-electron chi connectivity index (χ2n) is 7.56. The summed E-state index contributed by atoms with van der Waals surface area (Å²) in [5.41, 5.74) is -0.513. The Morgan fingerprint density at radius 1 is 1.32 bits per heavy atom. The molecule has 0 radical (unpaired) electrons. The zero-order valence-corrected chi connectivity index (χ0v) is 16.0. The van der Waals surface area contributed by atoms with Crippen LogP contribution in [-0.4, -0.2) is 52.7 Å². The van der Waals surface area contributed by atoms with Gasteiger partial charge in [0.1, 0.15) is 5.60 Å². The van der Waals surface area contributed by atoms with Gasteiger partial charge in [-0.3, -0.25) is 10.1 Å². The van der Waals surface area contributed by atoms with Crippen LogP contribution >= 0.6 is 15.9 Å². The number of amides is 1. The molecule has 2 aliphatic rings. The number of pyridine rings is 1. The standard InChI is InChI=1S/C16H21BrN4O4/c1-16(2,3)25-15(22)20-8-10-6-19(7-11(10)9-20)14-13(21(23)24)4-12(17)5-18-14/h4-5,10-11H,6-9H2,1-3H3. The van der Waals surface area contributed by atoms with Gasteiger partial charge in [-0.1, -0.05) is 0 Å². The Labute approximate surface area is 154 Å². The maximum atomic E-state index is 12.2. The summed E-state index contributed by atoms with van der Waals surface area (Å²) in [6.45, 7) is 8.07. The highest BCUT2D eigenvalue weighted by Gasteiger charge is 2.44. The third kappa shape index (κ3) is 3.86. The largest absolute Gasteiger partial charge is 0.444 e. The number of ether oxygens (including phenoxy) is 1. The van der Waals surface area contributed by atoms with Crippen molar-refractivity contribution in [3.05, 3.63) is 26.9 Å². The molecule has 1 aromatic rings. The molecule has 0 spiro atoms. The zero-order chi connectivity index (χ0) is 18.4. The van der Waals surface area contributed by atoms with E-state index in [1.807, 2.05) is 25.7 Å². The number of carbonyl (C=O) groups excluding carboxylic acids is 1. The summed E-state index contributed by atoms with van der Waals surface area (Å²) >= 11 is 3.23. The summed E-state index contributed by atoms with van der Waals surface area (Å²) in [5.74, 6) is 0.946. The third-order valence-corrected chi connectivity index (χ3v) is 4.88. The number of hydrogen-bond acceptors (Lipinski definition) is 6. The van der Waals surface area contributed by atoms with Gasteiger partial charge in [0.15, 0.2) is 0 Å². The number of nitrogens with zero attached hydrogens (tertiary/aromatic N) is 4. The summed E-state index contributed by atoms with van der Waals surface area (Å²) < 4.78 is 6.01. The van der Waals surface area contributed by atoms with E-state index in [-0.39, 0.29) is 23.6 Å². The van der Waals surface area contributed by atoms with Crippen LogP contribution in [0.25, 0.3) is 0 Å². The molecule has 0 N–H and O–H groups in total. The van der Waals surface area contributed by atoms with Crippen molar-refractivity contribution in [2.24, 2.45) is 11.8 Å². The van der Waals surface area contributed by atoms with Gasteiger partial charge in [0.05, 0.1) is 4.92 Å². The first-order valence-corrected chi connectivity index (χ1v) is 8.96. The highest BCUT2D eigenvalue weighted by atomic mass is 79.9. The molecule has 1 amide bonds. The molecule has 2 fully saturated rings. The lowest BCUT2D eigenvalue weighted by atomic mass is 10.0. The molecule has 2 unspecified atom stereocenters. The van der Waals surface area contributed by atoms with E-state index in [4.69, 9.17) is 4.74 Å². The fraction of sp³-hybridized carbons (Fsp3) is 0.625. The molecule has 136 valence electrons. The molecular weight excluding hydrogens is 392 g/mol. The van der Waals surface area contributed by atoms with Crippen molar-refractivity contribution >= 4 is 33.5 Å². The van der Waals surface area contributed by atoms with Gasteiger partial charge in [-0.2, -0.15) is 0 Å². The van der Waals surface area contributed by atoms with Crippen molar-refractivity contribution in [3.8, 4) is 0 Å². The summed E-state index contributed by atoms with van der Waals surface area (Å²) in [7, 11) is 0. The van der Waals surface area contributed by atoms with E-state index in [1.54, 1.807) is 11.1 Å². The SMILES string of the molecule is CC(C)(C)OC(=O)N1CC2CN(c3ncc(Br)cc3[N+](=O)[O-])CC2C1. The van der Waals surface area contributed by atoms with Gasteiger partial charge in [-0.25, -0.2) is 9.78 Å². The Hall–Kier alpha value is -1.90. The van der Waals surface area contributed by atoms with Gasteiger partial charge < -0.3 is 14.5 Å². The maximum absolute atomic E-state index is 12.2. The number of fused-ring (bicyclic) bond motifs is 1. The smallest absolute Gasteiger partial charge is 0.410 e. The van der Waals surface area contributed by atoms with Crippen LogP contribution in [0.4, 0.5) is 16.3 Å². The van der Waals surface area contributed by atoms with Gasteiger partial charge in [0, 0.05) is 54.8 Å². The fourth-order valence-corrected chi connectivity index (χ4v) is 3.76. The molecule has 0 bridgehead atoms. The van der Waals surface area contributed by atoms with Crippen LogP contribution in [0.2, 0.25) is 0 Å². The van der Waals surface area contributed by atoms with E-state index in [2.05, 4.69) is 20.9 Å². The molecule has 0 aromatic carbocycles. The van der Waals surface area contributed by atoms with Crippen molar-refractivity contribution < 1.29 is 14.5 Å². The van der Waals surface area contributed by atoms with E-state index in [0.717, 1.165) is 0 Å². The molecule has 3 heterocycles. The minimum Gasteiger partial charge on any atom is -0.444 e. The molecule has 0 aliphatic carbocycles. The summed E-state index contributed by atoms with van der Waals surface area (Å²) in [4.78, 5) is 31.0. The predicted molar refractivity (Wildman–Crippen MR) is 95.6 cm³/mol. The van der Waals surface area contributed by atoms with Crippen molar-refractivity contribution in [2.75, 3.05) is 31.1 Å². The summed E-state index contributed by atoms with van der Waals surface area (Å²) in [6, 6.07) is 1.48. The molecule has 2 saturated heterocycles. The van der Waals surface area contributed by atoms with E-state index in [9.17, 15) is 14.9 Å². The van der Waals surface area contributed by atoms with Gasteiger partial charge in [-0.15, -0.1) is 0 Å². The Bertz CT molecular complexity index is 692. The fourth-order valence-electron chi connectivity index (χ4n) is 3.44. The molecule has 1 aromatic heterocycles. The second-order valence-corrected chi connectivity index (χ2v) is 8.48. The van der Waals surface area contributed by atoms with Gasteiger partial charge >= 0.3 is 11.8 Å². The Morgan fingerprint density at radius 3 is 2.44 bits per heavy atom. The van der Waals surface area contributed by atoms with E-state index in [1.165, 1.54) is 6.07 Å². The highest BCUT2D eigenvalue weighted by Crippen LogP contribution is 2.37. The van der Waals surface area contributed by atoms with Crippen LogP contribution in [0.15, 0.2) is 16.7 Å². The Morgan fingerprint density at radius 2 is 1.92 bits per heavy atom. The maximum Gasteiger partial charge on any atom is 0.410 e. The minimum atomic E-state index is -0.511. The molecule has 3 rings (SSSR count). The molecule has 8 nitrogen and oxygen atoms in total. The van der Waals surface area contributed by atoms with Crippen molar-refractivity contribution in [2.45, 2.75) is 26.4 Å². The number of hydrogen-bond donors (Lipinski definition) is 0. The third-order valence-electron chi connectivity index (χ3n) is 4.45. The lowest BCUT2D eigenvalue weighted by Crippen LogP contribution is -2.37. The first-order chi connectivity index (χ1) is 11.6. The van der Waals surface area contributed by atoms with Crippen molar-refractivity contribution in [1.82, 2.24) is 9.88 Å². The topological polar surface area (TPSA) is 88.8 Å². The van der Waals surface area contributed by atoms with E-state index >= 15 is 0 Å². The van der Waals surface area contributed by atoms with E-state index < -0.39 is 10.5 Å². The number of rotatable bonds is 2. The number of halogens is 1. The summed E-state index contributed by atoms with van der Waals surface area (Å²) in [5, 5.41) is 11.3. The Kier molecular flexibility index (Phi) is 4.61. The lowest BCUT2D eigenvalue weighted by Gasteiger charge is -2.26. The predicted octanol–water partition coefficient (Wildman–Crippen LogP) is 3.06. The van der Waals surface area contributed by atoms with Crippen molar-refractivity contribution in [3.63, 3.8) is 0 Å². The van der Waals surface area contributed by atoms with Crippen LogP contribution in [0.5, 0.6) is 0 Å². The molecule has 2 aliphatic heterocycles. The molecule has 9 heteroatoms. The number of anilines is 1. The zero-order valence-electron chi connectivity index (χ0n) is 14.4. The molecule has 0 saturated carbocycles. The monoisotopic (exact) mass is 412 g/mol. The second kappa shape index (κ2) is 6.44. The summed E-state index contributed by atoms with van der Waals surface area (Å²) in [6.07, 6.45) is 1.28. The Balaban J connectivity index is 1.68. The van der Waals surface area contributed by atoms with Crippen LogP contribution < -0.4 is 4.90 Å². The normalized spacial score (nSPS) is 22.9. The van der Waals surface area contributed by atoms with Crippen LogP contribution in [0.1, 0.15) is 20.8 Å². The average molecular weight is 413 g/mol. The number of aromatic nitrogens is 1. The number of carbonyl (C=O) groups is 1. The quantitative estimate of drug-likeness (QED) is 0.547. The van der Waals surface area contributed by atoms with Crippen LogP contribution in [-0.2, 0) is 4.74 Å². The van der Waals surface area contributed by atoms with Gasteiger partial charge in [0.25, 0.3) is 0 Å². The van der Waals surface area contributed by atoms with Crippen LogP contribution in [0.3, 0.4) is 0 Å². The number of nitro groups is 1. The first-order valence-electron chi connectivity index (χ1n) is 8.17. The van der Waals surface area contributed by atoms with E-state index in [0.29, 0.717) is 36.5 Å². The molecule has 2 atom stereocenters. The average Bonchev–Trinajstić information content (AvgIpc) is 3.03. The highest BCUT2D eigenvalue weighted by molar-refractivity contribution is 9.10. The van der Waals surface area contributed by atoms with Gasteiger partial charge in [0.2, 0.25) is 5.82 Å². The van der Waals surface area contributed by atoms with Crippen LogP contribution in [0, 0.1) is 22.0 Å². The van der Waals surface area contributed by atoms with Crippen molar-refractivity contribution in [1.29, 1.82) is 0 Å². The molecular formula is C16H21BrN4O4. The minimum absolute atomic E-state index is 0.00153. The number of likely N-dealkylation sites (tertiary alicyclic amines) is 1. The first kappa shape index (κ1) is 17.9. The lowest BCUT2D eigenvalue weighted by molar-refractivity contribution is -0.384. The molecule has 25 heavy (non-hydrogen) atoms.